The van der Waals surface area contributed by atoms with Gasteiger partial charge in [-0.1, -0.05) is 24.8 Å². The van der Waals surface area contributed by atoms with Gasteiger partial charge in [-0.05, 0) is 61.4 Å². The molecule has 9 nitrogen and oxygen atoms in total. The summed E-state index contributed by atoms with van der Waals surface area (Å²) < 4.78 is 46.6. The molecule has 1 fully saturated rings. The molecule has 0 bridgehead atoms. The van der Waals surface area contributed by atoms with E-state index in [1.54, 1.807) is 25.2 Å². The molecule has 0 spiro atoms. The van der Waals surface area contributed by atoms with Gasteiger partial charge in [-0.25, -0.2) is 4.98 Å². The minimum Gasteiger partial charge on any atom is -0.495 e. The van der Waals surface area contributed by atoms with E-state index in [1.807, 2.05) is 25.1 Å². The number of nitrogens with zero attached hydrogens (tertiary/aromatic N) is 4. The fourth-order valence-corrected chi connectivity index (χ4v) is 5.99. The molecule has 12 heteroatoms. The molecule has 5 rings (SSSR count). The van der Waals surface area contributed by atoms with Gasteiger partial charge < -0.3 is 19.9 Å². The maximum Gasteiger partial charge on any atom is 0.416 e. The van der Waals surface area contributed by atoms with Crippen molar-refractivity contribution in [1.82, 2.24) is 4.98 Å². The van der Waals surface area contributed by atoms with Crippen molar-refractivity contribution in [2.45, 2.75) is 39.0 Å². The highest BCUT2D eigenvalue weighted by molar-refractivity contribution is 6.10. The summed E-state index contributed by atoms with van der Waals surface area (Å²) in [5, 5.41) is 2.71. The first-order valence-electron chi connectivity index (χ1n) is 13.9. The monoisotopic (exact) mass is 607 g/mol. The van der Waals surface area contributed by atoms with E-state index in [0.717, 1.165) is 39.9 Å². The van der Waals surface area contributed by atoms with E-state index in [-0.39, 0.29) is 30.4 Å². The smallest absolute Gasteiger partial charge is 0.416 e. The zero-order valence-corrected chi connectivity index (χ0v) is 24.7. The van der Waals surface area contributed by atoms with Crippen molar-refractivity contribution in [2.75, 3.05) is 40.7 Å². The number of para-hydroxylation sites is 1. The van der Waals surface area contributed by atoms with E-state index in [9.17, 15) is 27.6 Å². The second-order valence-electron chi connectivity index (χ2n) is 11.0. The first-order valence-corrected chi connectivity index (χ1v) is 13.9. The van der Waals surface area contributed by atoms with Crippen molar-refractivity contribution in [3.05, 3.63) is 83.6 Å². The first kappa shape index (κ1) is 30.6. The third kappa shape index (κ3) is 5.71. The zero-order valence-electron chi connectivity index (χ0n) is 24.7. The minimum atomic E-state index is -4.65. The number of halogens is 3. The van der Waals surface area contributed by atoms with Crippen LogP contribution in [0.3, 0.4) is 0 Å². The first-order chi connectivity index (χ1) is 20.8. The van der Waals surface area contributed by atoms with Crippen LogP contribution in [0.15, 0.2) is 61.2 Å². The Balaban J connectivity index is 1.57. The van der Waals surface area contributed by atoms with E-state index in [1.165, 1.54) is 18.9 Å². The van der Waals surface area contributed by atoms with E-state index >= 15 is 0 Å². The summed E-state index contributed by atoms with van der Waals surface area (Å²) >= 11 is 0. The maximum absolute atomic E-state index is 14.1. The Bertz CT molecular complexity index is 1660. The highest BCUT2D eigenvalue weighted by atomic mass is 19.4. The molecule has 0 aliphatic carbocycles. The zero-order chi connectivity index (χ0) is 31.9. The molecule has 1 aromatic heterocycles. The lowest BCUT2D eigenvalue weighted by molar-refractivity contribution is -0.137. The number of anilines is 4. The summed E-state index contributed by atoms with van der Waals surface area (Å²) in [6.45, 7) is 7.44. The Hall–Kier alpha value is -4.87. The summed E-state index contributed by atoms with van der Waals surface area (Å²) in [4.78, 5) is 48.3. The van der Waals surface area contributed by atoms with E-state index in [4.69, 9.17) is 4.74 Å². The summed E-state index contributed by atoms with van der Waals surface area (Å²) in [6.07, 6.45) is -3.54. The van der Waals surface area contributed by atoms with Crippen LogP contribution in [0.2, 0.25) is 0 Å². The number of likely N-dealkylation sites (N-methyl/N-ethyl adjacent to an activating group) is 1. The van der Waals surface area contributed by atoms with Gasteiger partial charge in [0.1, 0.15) is 17.6 Å². The largest absolute Gasteiger partial charge is 0.495 e. The van der Waals surface area contributed by atoms with Gasteiger partial charge in [0.05, 0.1) is 29.7 Å². The number of carbonyl (C=O) groups excluding carboxylic acids is 3. The minimum absolute atomic E-state index is 0.0468. The molecule has 0 unspecified atom stereocenters. The van der Waals surface area contributed by atoms with Gasteiger partial charge in [-0.3, -0.25) is 19.3 Å². The third-order valence-corrected chi connectivity index (χ3v) is 7.96. The number of carbonyl (C=O) groups is 3. The molecule has 2 aromatic carbocycles. The van der Waals surface area contributed by atoms with Gasteiger partial charge in [0.15, 0.2) is 0 Å². The second kappa shape index (κ2) is 11.7. The Morgan fingerprint density at radius 2 is 1.91 bits per heavy atom. The lowest BCUT2D eigenvalue weighted by Gasteiger charge is -2.39. The van der Waals surface area contributed by atoms with E-state index < -0.39 is 35.5 Å². The molecular formula is C32H32F3N5O4. The molecule has 230 valence electrons. The van der Waals surface area contributed by atoms with Crippen LogP contribution in [0.4, 0.5) is 36.1 Å². The summed E-state index contributed by atoms with van der Waals surface area (Å²) in [7, 11) is 3.10. The third-order valence-electron chi connectivity index (χ3n) is 7.96. The van der Waals surface area contributed by atoms with E-state index in [2.05, 4.69) is 21.8 Å². The quantitative estimate of drug-likeness (QED) is 0.385. The van der Waals surface area contributed by atoms with Gasteiger partial charge in [0, 0.05) is 38.2 Å². The number of aromatic nitrogens is 1. The number of rotatable bonds is 6. The molecule has 0 radical (unpaired) electrons. The molecule has 3 heterocycles. The second-order valence-corrected chi connectivity index (χ2v) is 11.0. The fourth-order valence-electron chi connectivity index (χ4n) is 5.99. The summed E-state index contributed by atoms with van der Waals surface area (Å²) in [5.74, 6) is -1.57. The van der Waals surface area contributed by atoms with Crippen LogP contribution in [0, 0.1) is 19.8 Å². The normalized spacial score (nSPS) is 18.4. The SMILES string of the molecule is C=CC(=O)Nc1ccc(CN2C[C@H]3CC(=O)N(c4cc(C(F)(F)F)cc(C)n4)[C@@H]3C(=O)N(C)c3cccc(C)c32)cc1OC. The van der Waals surface area contributed by atoms with Crippen molar-refractivity contribution in [3.8, 4) is 5.75 Å². The standard InChI is InChI=1S/C32H32F3N5O4/c1-6-27(41)37-23-11-10-20(13-25(23)44-5)16-39-17-21-14-28(42)40(26-15-22(32(33,34)35)12-19(3)36-26)30(21)31(43)38(4)24-9-7-8-18(2)29(24)39/h6-13,15,21,30H,1,14,16-17H2,2-5H3,(H,37,41)/t21-,30+/m1/s1. The lowest BCUT2D eigenvalue weighted by atomic mass is 9.94. The number of ether oxygens (including phenoxy) is 1. The number of hydrogen-bond acceptors (Lipinski definition) is 6. The molecule has 2 aliphatic heterocycles. The van der Waals surface area contributed by atoms with Gasteiger partial charge >= 0.3 is 6.18 Å². The molecule has 44 heavy (non-hydrogen) atoms. The number of benzene rings is 2. The Morgan fingerprint density at radius 3 is 2.59 bits per heavy atom. The van der Waals surface area contributed by atoms with Crippen LogP contribution in [-0.2, 0) is 27.1 Å². The predicted octanol–water partition coefficient (Wildman–Crippen LogP) is 5.26. The van der Waals surface area contributed by atoms with Gasteiger partial charge in [0.2, 0.25) is 17.7 Å². The number of methoxy groups -OCH3 is 1. The molecule has 0 saturated carbocycles. The van der Waals surface area contributed by atoms with Crippen molar-refractivity contribution < 1.29 is 32.3 Å². The fraction of sp³-hybridized carbons (Fsp3) is 0.312. The molecular weight excluding hydrogens is 575 g/mol. The van der Waals surface area contributed by atoms with Crippen molar-refractivity contribution in [3.63, 3.8) is 0 Å². The number of fused-ring (bicyclic) bond motifs is 2. The number of nitrogens with one attached hydrogen (secondary N) is 1. The summed E-state index contributed by atoms with van der Waals surface area (Å²) in [6, 6.07) is 11.6. The average Bonchev–Trinajstić information content (AvgIpc) is 3.30. The number of hydrogen-bond donors (Lipinski definition) is 1. The van der Waals surface area contributed by atoms with Crippen molar-refractivity contribution >= 4 is 40.6 Å². The predicted molar refractivity (Wildman–Crippen MR) is 161 cm³/mol. The molecule has 2 atom stereocenters. The molecule has 3 aromatic rings. The van der Waals surface area contributed by atoms with Crippen LogP contribution in [-0.4, -0.2) is 49.4 Å². The number of alkyl halides is 3. The van der Waals surface area contributed by atoms with Gasteiger partial charge in [-0.15, -0.1) is 0 Å². The van der Waals surface area contributed by atoms with Crippen LogP contribution >= 0.6 is 0 Å². The Kier molecular flexibility index (Phi) is 8.11. The van der Waals surface area contributed by atoms with Crippen LogP contribution in [0.5, 0.6) is 5.75 Å². The topological polar surface area (TPSA) is 95.1 Å². The van der Waals surface area contributed by atoms with Gasteiger partial charge in [-0.2, -0.15) is 13.2 Å². The molecule has 2 aliphatic rings. The number of aryl methyl sites for hydroxylation is 2. The lowest BCUT2D eigenvalue weighted by Crippen LogP contribution is -2.52. The molecule has 1 N–H and O–H groups in total. The van der Waals surface area contributed by atoms with Crippen LogP contribution in [0.1, 0.15) is 28.8 Å². The highest BCUT2D eigenvalue weighted by Gasteiger charge is 2.49. The maximum atomic E-state index is 14.1. The van der Waals surface area contributed by atoms with Gasteiger partial charge in [0.25, 0.3) is 0 Å². The van der Waals surface area contributed by atoms with E-state index in [0.29, 0.717) is 23.7 Å². The highest BCUT2D eigenvalue weighted by Crippen LogP contribution is 2.42. The Morgan fingerprint density at radius 1 is 1.16 bits per heavy atom. The van der Waals surface area contributed by atoms with Crippen LogP contribution < -0.4 is 24.8 Å². The summed E-state index contributed by atoms with van der Waals surface area (Å²) in [5.41, 5.74) is 2.74. The molecule has 3 amide bonds. The molecule has 1 saturated heterocycles. The number of amides is 3. The van der Waals surface area contributed by atoms with Crippen molar-refractivity contribution in [2.24, 2.45) is 5.92 Å². The van der Waals surface area contributed by atoms with Crippen LogP contribution in [0.25, 0.3) is 0 Å². The Labute approximate surface area is 252 Å². The van der Waals surface area contributed by atoms with Crippen molar-refractivity contribution in [1.29, 1.82) is 0 Å². The average molecular weight is 608 g/mol. The number of pyridine rings is 1.